The van der Waals surface area contributed by atoms with Crippen molar-refractivity contribution in [1.82, 2.24) is 24.9 Å². The number of anilines is 1. The van der Waals surface area contributed by atoms with Gasteiger partial charge in [-0.05, 0) is 31.2 Å². The van der Waals surface area contributed by atoms with Crippen molar-refractivity contribution in [1.29, 1.82) is 0 Å². The van der Waals surface area contributed by atoms with E-state index < -0.39 is 17.6 Å². The number of halogens is 2. The van der Waals surface area contributed by atoms with E-state index >= 15 is 4.39 Å². The Balaban J connectivity index is 1.61. The van der Waals surface area contributed by atoms with Gasteiger partial charge < -0.3 is 10.2 Å². The lowest BCUT2D eigenvalue weighted by Crippen LogP contribution is -2.54. The molecule has 5 rings (SSSR count). The van der Waals surface area contributed by atoms with Crippen molar-refractivity contribution in [2.45, 2.75) is 25.8 Å². The van der Waals surface area contributed by atoms with E-state index in [1.807, 2.05) is 11.8 Å². The van der Waals surface area contributed by atoms with Crippen LogP contribution in [0.1, 0.15) is 31.0 Å². The number of nitrogens with one attached hydrogen (secondary N) is 1. The van der Waals surface area contributed by atoms with Crippen molar-refractivity contribution < 1.29 is 13.6 Å². The van der Waals surface area contributed by atoms with Crippen LogP contribution in [0.4, 0.5) is 14.6 Å². The van der Waals surface area contributed by atoms with Crippen molar-refractivity contribution in [3.63, 3.8) is 0 Å². The second kappa shape index (κ2) is 7.26. The molecule has 0 aliphatic carbocycles. The predicted molar refractivity (Wildman–Crippen MR) is 112 cm³/mol. The van der Waals surface area contributed by atoms with E-state index in [-0.39, 0.29) is 28.4 Å². The Labute approximate surface area is 176 Å². The summed E-state index contributed by atoms with van der Waals surface area (Å²) in [6, 6.07) is 7.67. The molecule has 31 heavy (non-hydrogen) atoms. The summed E-state index contributed by atoms with van der Waals surface area (Å²) in [7, 11) is 0. The van der Waals surface area contributed by atoms with Crippen LogP contribution in [-0.4, -0.2) is 44.6 Å². The fraction of sp³-hybridized carbons (Fsp3) is 0.273. The molecule has 1 aromatic carbocycles. The summed E-state index contributed by atoms with van der Waals surface area (Å²) in [4.78, 5) is 22.3. The number of nitrogens with zero attached hydrogens (tertiary/aromatic N) is 5. The lowest BCUT2D eigenvalue weighted by atomic mass is 9.95. The highest BCUT2D eigenvalue weighted by atomic mass is 19.1. The van der Waals surface area contributed by atoms with E-state index in [0.29, 0.717) is 30.2 Å². The summed E-state index contributed by atoms with van der Waals surface area (Å²) < 4.78 is 31.7. The number of carbonyl (C=O) groups excluding carboxylic acids is 1. The zero-order valence-electron chi connectivity index (χ0n) is 17.0. The average Bonchev–Trinajstić information content (AvgIpc) is 3.19. The largest absolute Gasteiger partial charge is 0.353 e. The smallest absolute Gasteiger partial charge is 0.242 e. The van der Waals surface area contributed by atoms with E-state index in [4.69, 9.17) is 0 Å². The van der Waals surface area contributed by atoms with Gasteiger partial charge in [0, 0.05) is 42.2 Å². The third kappa shape index (κ3) is 3.08. The first-order valence-electron chi connectivity index (χ1n) is 10.1. The number of piperazine rings is 1. The molecule has 1 saturated heterocycles. The Bertz CT molecular complexity index is 1320. The summed E-state index contributed by atoms with van der Waals surface area (Å²) in [5, 5.41) is 7.75. The predicted octanol–water partition coefficient (Wildman–Crippen LogP) is 3.03. The van der Waals surface area contributed by atoms with Crippen molar-refractivity contribution >= 4 is 28.3 Å². The highest BCUT2D eigenvalue weighted by Gasteiger charge is 2.28. The molecule has 3 aromatic heterocycles. The fourth-order valence-electron chi connectivity index (χ4n) is 4.14. The van der Waals surface area contributed by atoms with Crippen LogP contribution in [-0.2, 0) is 4.79 Å². The molecule has 0 saturated carbocycles. The Hall–Kier alpha value is -3.62. The molecule has 1 N–H and O–H groups in total. The quantitative estimate of drug-likeness (QED) is 0.549. The van der Waals surface area contributed by atoms with E-state index in [0.717, 1.165) is 0 Å². The molecular weight excluding hydrogens is 402 g/mol. The normalized spacial score (nSPS) is 17.9. The SMILES string of the molecule is CC(c1c(F)cc2ncccc2c1F)c1cnc2ccc(N3CCNC(=O)C3C)nn12. The summed E-state index contributed by atoms with van der Waals surface area (Å²) in [6.07, 6.45) is 3.08. The lowest BCUT2D eigenvalue weighted by molar-refractivity contribution is -0.122. The zero-order valence-corrected chi connectivity index (χ0v) is 17.0. The minimum Gasteiger partial charge on any atom is -0.353 e. The molecule has 1 fully saturated rings. The molecule has 158 valence electrons. The lowest BCUT2D eigenvalue weighted by Gasteiger charge is -2.33. The Morgan fingerprint density at radius 3 is 2.90 bits per heavy atom. The van der Waals surface area contributed by atoms with Crippen LogP contribution in [0.25, 0.3) is 16.6 Å². The van der Waals surface area contributed by atoms with Gasteiger partial charge in [-0.25, -0.2) is 18.3 Å². The first-order chi connectivity index (χ1) is 15.0. The van der Waals surface area contributed by atoms with E-state index in [9.17, 15) is 9.18 Å². The number of aromatic nitrogens is 4. The van der Waals surface area contributed by atoms with Gasteiger partial charge in [0.1, 0.15) is 23.5 Å². The summed E-state index contributed by atoms with van der Waals surface area (Å²) >= 11 is 0. The number of rotatable bonds is 3. The highest BCUT2D eigenvalue weighted by molar-refractivity contribution is 5.85. The molecule has 1 aliphatic heterocycles. The molecule has 4 aromatic rings. The van der Waals surface area contributed by atoms with Gasteiger partial charge in [0.15, 0.2) is 5.65 Å². The topological polar surface area (TPSA) is 75.4 Å². The highest BCUT2D eigenvalue weighted by Crippen LogP contribution is 2.33. The van der Waals surface area contributed by atoms with Gasteiger partial charge in [0.2, 0.25) is 5.91 Å². The maximum atomic E-state index is 15.3. The second-order valence-corrected chi connectivity index (χ2v) is 7.68. The van der Waals surface area contributed by atoms with Crippen LogP contribution in [0.3, 0.4) is 0 Å². The molecule has 2 unspecified atom stereocenters. The van der Waals surface area contributed by atoms with Crippen molar-refractivity contribution in [3.8, 4) is 0 Å². The number of benzene rings is 1. The molecule has 1 aliphatic rings. The number of hydrogen-bond donors (Lipinski definition) is 1. The number of fused-ring (bicyclic) bond motifs is 2. The monoisotopic (exact) mass is 422 g/mol. The Morgan fingerprint density at radius 1 is 1.23 bits per heavy atom. The Morgan fingerprint density at radius 2 is 2.06 bits per heavy atom. The summed E-state index contributed by atoms with van der Waals surface area (Å²) in [5.41, 5.74) is 1.32. The summed E-state index contributed by atoms with van der Waals surface area (Å²) in [5.74, 6) is -1.41. The molecule has 9 heteroatoms. The molecule has 0 bridgehead atoms. The number of carbonyl (C=O) groups is 1. The van der Waals surface area contributed by atoms with Crippen molar-refractivity contribution in [3.05, 3.63) is 65.6 Å². The van der Waals surface area contributed by atoms with Gasteiger partial charge in [0.25, 0.3) is 0 Å². The molecule has 0 radical (unpaired) electrons. The van der Waals surface area contributed by atoms with Crippen LogP contribution in [0, 0.1) is 11.6 Å². The van der Waals surface area contributed by atoms with Gasteiger partial charge in [0.05, 0.1) is 17.4 Å². The maximum absolute atomic E-state index is 15.3. The van der Waals surface area contributed by atoms with Crippen LogP contribution in [0.2, 0.25) is 0 Å². The van der Waals surface area contributed by atoms with Gasteiger partial charge in [-0.1, -0.05) is 6.92 Å². The number of hydrogen-bond acceptors (Lipinski definition) is 5. The second-order valence-electron chi connectivity index (χ2n) is 7.68. The van der Waals surface area contributed by atoms with Crippen molar-refractivity contribution in [2.75, 3.05) is 18.0 Å². The van der Waals surface area contributed by atoms with Crippen molar-refractivity contribution in [2.24, 2.45) is 0 Å². The third-order valence-electron chi connectivity index (χ3n) is 5.88. The zero-order chi connectivity index (χ0) is 21.7. The van der Waals surface area contributed by atoms with Gasteiger partial charge in [-0.3, -0.25) is 9.78 Å². The van der Waals surface area contributed by atoms with Crippen LogP contribution in [0.5, 0.6) is 0 Å². The minimum absolute atomic E-state index is 0.0554. The van der Waals surface area contributed by atoms with E-state index in [1.165, 1.54) is 12.3 Å². The van der Waals surface area contributed by atoms with Gasteiger partial charge in [-0.2, -0.15) is 0 Å². The molecular formula is C22H20F2N6O. The first kappa shape index (κ1) is 19.3. The first-order valence-corrected chi connectivity index (χ1v) is 10.1. The number of imidazole rings is 1. The standard InChI is InChI=1S/C22H20F2N6O/c1-12(20-15(23)10-16-14(21(20)24)4-3-7-25-16)17-11-27-18-5-6-19(28-30(17)18)29-9-8-26-22(31)13(29)2/h3-7,10-13H,8-9H2,1-2H3,(H,26,31). The van der Waals surface area contributed by atoms with E-state index in [1.54, 1.807) is 41.9 Å². The average molecular weight is 422 g/mol. The van der Waals surface area contributed by atoms with Gasteiger partial charge in [-0.15, -0.1) is 5.10 Å². The number of amides is 1. The van der Waals surface area contributed by atoms with Gasteiger partial charge >= 0.3 is 0 Å². The molecule has 1 amide bonds. The van der Waals surface area contributed by atoms with Crippen LogP contribution < -0.4 is 10.2 Å². The van der Waals surface area contributed by atoms with E-state index in [2.05, 4.69) is 20.4 Å². The van der Waals surface area contributed by atoms with Crippen LogP contribution in [0.15, 0.2) is 42.7 Å². The minimum atomic E-state index is -0.663. The third-order valence-corrected chi connectivity index (χ3v) is 5.88. The molecule has 2 atom stereocenters. The fourth-order valence-corrected chi connectivity index (χ4v) is 4.14. The van der Waals surface area contributed by atoms with Crippen LogP contribution >= 0.6 is 0 Å². The summed E-state index contributed by atoms with van der Waals surface area (Å²) in [6.45, 7) is 4.67. The maximum Gasteiger partial charge on any atom is 0.242 e. The molecule has 7 nitrogen and oxygen atoms in total. The number of pyridine rings is 1. The Kier molecular flexibility index (Phi) is 4.53. The molecule has 4 heterocycles. The molecule has 0 spiro atoms.